The van der Waals surface area contributed by atoms with Gasteiger partial charge in [0, 0.05) is 32.2 Å². The van der Waals surface area contributed by atoms with E-state index in [9.17, 15) is 0 Å². The molecule has 82 valence electrons. The third-order valence-corrected chi connectivity index (χ3v) is 4.60. The summed E-state index contributed by atoms with van der Waals surface area (Å²) in [5, 5.41) is 3.58. The third-order valence-electron chi connectivity index (χ3n) is 3.37. The van der Waals surface area contributed by atoms with Crippen molar-refractivity contribution in [2.45, 2.75) is 25.8 Å². The molecule has 2 nitrogen and oxygen atoms in total. The van der Waals surface area contributed by atoms with E-state index in [4.69, 9.17) is 0 Å². The second-order valence-electron chi connectivity index (χ2n) is 4.55. The first-order chi connectivity index (χ1) is 6.88. The van der Waals surface area contributed by atoms with Crippen molar-refractivity contribution < 1.29 is 0 Å². The Bertz CT molecular complexity index is 169. The minimum absolute atomic E-state index is 0.748. The molecule has 2 unspecified atom stereocenters. The summed E-state index contributed by atoms with van der Waals surface area (Å²) in [6.45, 7) is 7.37. The Hall–Kier alpha value is 0.270. The van der Waals surface area contributed by atoms with Crippen LogP contribution >= 0.6 is 11.8 Å². The molecule has 0 spiro atoms. The first-order valence-electron chi connectivity index (χ1n) is 5.92. The zero-order valence-corrected chi connectivity index (χ0v) is 9.98. The van der Waals surface area contributed by atoms with Gasteiger partial charge in [-0.1, -0.05) is 6.92 Å². The highest BCUT2D eigenvalue weighted by Crippen LogP contribution is 2.24. The molecule has 2 fully saturated rings. The molecular weight excluding hydrogens is 192 g/mol. The number of hydrogen-bond donors (Lipinski definition) is 1. The highest BCUT2D eigenvalue weighted by Gasteiger charge is 2.22. The van der Waals surface area contributed by atoms with E-state index >= 15 is 0 Å². The Morgan fingerprint density at radius 1 is 1.50 bits per heavy atom. The third kappa shape index (κ3) is 2.88. The molecular formula is C11H22N2S. The maximum absolute atomic E-state index is 3.58. The van der Waals surface area contributed by atoms with Gasteiger partial charge in [0.1, 0.15) is 0 Å². The lowest BCUT2D eigenvalue weighted by Crippen LogP contribution is -2.51. The Kier molecular flexibility index (Phi) is 4.14. The van der Waals surface area contributed by atoms with Gasteiger partial charge in [0.05, 0.1) is 0 Å². The van der Waals surface area contributed by atoms with Crippen molar-refractivity contribution in [3.8, 4) is 0 Å². The topological polar surface area (TPSA) is 15.3 Å². The number of thioether (sulfide) groups is 1. The Balaban J connectivity index is 1.73. The van der Waals surface area contributed by atoms with Crippen molar-refractivity contribution >= 4 is 11.8 Å². The SMILES string of the molecule is CCC1CN(CC2CCSC2)CCN1. The molecule has 0 saturated carbocycles. The van der Waals surface area contributed by atoms with E-state index in [2.05, 4.69) is 28.9 Å². The zero-order chi connectivity index (χ0) is 9.80. The number of hydrogen-bond acceptors (Lipinski definition) is 3. The minimum Gasteiger partial charge on any atom is -0.311 e. The van der Waals surface area contributed by atoms with Crippen molar-refractivity contribution in [2.24, 2.45) is 5.92 Å². The van der Waals surface area contributed by atoms with Crippen molar-refractivity contribution in [3.63, 3.8) is 0 Å². The predicted molar refractivity (Wildman–Crippen MR) is 64.0 cm³/mol. The average molecular weight is 214 g/mol. The van der Waals surface area contributed by atoms with Gasteiger partial charge < -0.3 is 10.2 Å². The van der Waals surface area contributed by atoms with Crippen molar-refractivity contribution in [2.75, 3.05) is 37.7 Å². The van der Waals surface area contributed by atoms with E-state index in [1.165, 1.54) is 50.5 Å². The summed E-state index contributed by atoms with van der Waals surface area (Å²) in [5.74, 6) is 3.78. The molecule has 1 N–H and O–H groups in total. The summed E-state index contributed by atoms with van der Waals surface area (Å²) in [7, 11) is 0. The van der Waals surface area contributed by atoms with E-state index in [0.717, 1.165) is 12.0 Å². The summed E-state index contributed by atoms with van der Waals surface area (Å²) in [5.41, 5.74) is 0. The second-order valence-corrected chi connectivity index (χ2v) is 5.70. The first-order valence-corrected chi connectivity index (χ1v) is 7.07. The fraction of sp³-hybridized carbons (Fsp3) is 1.00. The van der Waals surface area contributed by atoms with Crippen LogP contribution in [-0.4, -0.2) is 48.6 Å². The number of piperazine rings is 1. The lowest BCUT2D eigenvalue weighted by atomic mass is 10.1. The molecule has 2 aliphatic rings. The molecule has 3 heteroatoms. The van der Waals surface area contributed by atoms with Gasteiger partial charge in [-0.15, -0.1) is 0 Å². The van der Waals surface area contributed by atoms with Crippen LogP contribution in [0.3, 0.4) is 0 Å². The van der Waals surface area contributed by atoms with Crippen LogP contribution in [0.25, 0.3) is 0 Å². The van der Waals surface area contributed by atoms with Crippen LogP contribution in [-0.2, 0) is 0 Å². The van der Waals surface area contributed by atoms with E-state index < -0.39 is 0 Å². The molecule has 0 aromatic rings. The highest BCUT2D eigenvalue weighted by atomic mass is 32.2. The Labute approximate surface area is 91.8 Å². The van der Waals surface area contributed by atoms with E-state index in [-0.39, 0.29) is 0 Å². The molecule has 2 aliphatic heterocycles. The molecule has 0 aromatic carbocycles. The monoisotopic (exact) mass is 214 g/mol. The summed E-state index contributed by atoms with van der Waals surface area (Å²) in [6, 6.07) is 0.748. The molecule has 2 heterocycles. The zero-order valence-electron chi connectivity index (χ0n) is 9.17. The van der Waals surface area contributed by atoms with Crippen molar-refractivity contribution in [3.05, 3.63) is 0 Å². The summed E-state index contributed by atoms with van der Waals surface area (Å²) in [4.78, 5) is 2.67. The molecule has 0 aromatic heterocycles. The van der Waals surface area contributed by atoms with Crippen LogP contribution in [0.5, 0.6) is 0 Å². The molecule has 2 saturated heterocycles. The average Bonchev–Trinajstić information content (AvgIpc) is 2.71. The quantitative estimate of drug-likeness (QED) is 0.765. The second kappa shape index (κ2) is 5.38. The minimum atomic E-state index is 0.748. The standard InChI is InChI=1S/C11H22N2S/c1-2-11-8-13(5-4-12-11)7-10-3-6-14-9-10/h10-12H,2-9H2,1H3. The molecule has 0 aliphatic carbocycles. The predicted octanol–water partition coefficient (Wildman–Crippen LogP) is 1.42. The first kappa shape index (κ1) is 10.8. The molecule has 14 heavy (non-hydrogen) atoms. The number of rotatable bonds is 3. The van der Waals surface area contributed by atoms with Gasteiger partial charge in [0.15, 0.2) is 0 Å². The van der Waals surface area contributed by atoms with Gasteiger partial charge in [0.2, 0.25) is 0 Å². The maximum atomic E-state index is 3.58. The lowest BCUT2D eigenvalue weighted by Gasteiger charge is -2.34. The van der Waals surface area contributed by atoms with E-state index in [0.29, 0.717) is 0 Å². The van der Waals surface area contributed by atoms with Crippen LogP contribution in [0, 0.1) is 5.92 Å². The molecule has 0 amide bonds. The maximum Gasteiger partial charge on any atom is 0.0192 e. The number of nitrogens with zero attached hydrogens (tertiary/aromatic N) is 1. The Morgan fingerprint density at radius 2 is 2.43 bits per heavy atom. The van der Waals surface area contributed by atoms with Crippen LogP contribution in [0.2, 0.25) is 0 Å². The smallest absolute Gasteiger partial charge is 0.0192 e. The largest absolute Gasteiger partial charge is 0.311 e. The molecule has 2 atom stereocenters. The van der Waals surface area contributed by atoms with Gasteiger partial charge in [-0.05, 0) is 30.3 Å². The summed E-state index contributed by atoms with van der Waals surface area (Å²) in [6.07, 6.45) is 2.72. The van der Waals surface area contributed by atoms with Crippen LogP contribution < -0.4 is 5.32 Å². The van der Waals surface area contributed by atoms with Gasteiger partial charge in [-0.25, -0.2) is 0 Å². The lowest BCUT2D eigenvalue weighted by molar-refractivity contribution is 0.176. The van der Waals surface area contributed by atoms with E-state index in [1.54, 1.807) is 0 Å². The highest BCUT2D eigenvalue weighted by molar-refractivity contribution is 7.99. The van der Waals surface area contributed by atoms with E-state index in [1.807, 2.05) is 0 Å². The fourth-order valence-electron chi connectivity index (χ4n) is 2.43. The van der Waals surface area contributed by atoms with Crippen LogP contribution in [0.1, 0.15) is 19.8 Å². The van der Waals surface area contributed by atoms with Crippen LogP contribution in [0.4, 0.5) is 0 Å². The molecule has 0 bridgehead atoms. The van der Waals surface area contributed by atoms with Gasteiger partial charge in [0.25, 0.3) is 0 Å². The summed E-state index contributed by atoms with van der Waals surface area (Å²) >= 11 is 2.14. The van der Waals surface area contributed by atoms with Crippen molar-refractivity contribution in [1.82, 2.24) is 10.2 Å². The van der Waals surface area contributed by atoms with Gasteiger partial charge >= 0.3 is 0 Å². The van der Waals surface area contributed by atoms with Gasteiger partial charge in [-0.2, -0.15) is 11.8 Å². The number of nitrogens with one attached hydrogen (secondary N) is 1. The molecule has 0 radical (unpaired) electrons. The summed E-state index contributed by atoms with van der Waals surface area (Å²) < 4.78 is 0. The van der Waals surface area contributed by atoms with Gasteiger partial charge in [-0.3, -0.25) is 0 Å². The fourth-order valence-corrected chi connectivity index (χ4v) is 3.70. The molecule has 2 rings (SSSR count). The Morgan fingerprint density at radius 3 is 3.14 bits per heavy atom. The van der Waals surface area contributed by atoms with Crippen molar-refractivity contribution in [1.29, 1.82) is 0 Å². The normalized spacial score (nSPS) is 34.9. The van der Waals surface area contributed by atoms with Crippen LogP contribution in [0.15, 0.2) is 0 Å².